The second-order valence-corrected chi connectivity index (χ2v) is 11.0. The van der Waals surface area contributed by atoms with Crippen LogP contribution >= 0.6 is 11.3 Å². The first-order valence-electron chi connectivity index (χ1n) is 12.5. The molecule has 0 radical (unpaired) electrons. The lowest BCUT2D eigenvalue weighted by molar-refractivity contribution is -0.123. The first kappa shape index (κ1) is 26.9. The van der Waals surface area contributed by atoms with Crippen LogP contribution in [-0.2, 0) is 22.5 Å². The molecule has 1 amide bonds. The molecule has 1 aliphatic rings. The zero-order valence-corrected chi connectivity index (χ0v) is 22.8. The van der Waals surface area contributed by atoms with E-state index in [-0.39, 0.29) is 29.0 Å². The second-order valence-electron chi connectivity index (χ2n) is 9.97. The number of hydrogen-bond donors (Lipinski definition) is 2. The van der Waals surface area contributed by atoms with E-state index in [0.29, 0.717) is 40.1 Å². The zero-order valence-electron chi connectivity index (χ0n) is 21.9. The number of amides is 1. The van der Waals surface area contributed by atoms with Crippen molar-refractivity contribution >= 4 is 46.3 Å². The number of carbonyl (C=O) groups is 1. The van der Waals surface area contributed by atoms with E-state index in [1.165, 1.54) is 11.3 Å². The number of anilines is 2. The average Bonchev–Trinajstić information content (AvgIpc) is 3.47. The molecule has 1 aliphatic heterocycles. The molecule has 8 nitrogen and oxygen atoms in total. The van der Waals surface area contributed by atoms with E-state index in [4.69, 9.17) is 4.74 Å². The van der Waals surface area contributed by atoms with Crippen LogP contribution in [0.15, 0.2) is 64.4 Å². The normalized spacial score (nSPS) is 16.3. The fraction of sp³-hybridized carbons (Fsp3) is 0.310. The SMILES string of the molecule is CCn1c(=C(C#N)C2=N[C@@H](Cc3ccccc3)CO2)sc(=CNc2cccc(NC(=O)C(C)(C)C)c2)c1=O. The van der Waals surface area contributed by atoms with Crippen LogP contribution in [0.25, 0.3) is 11.8 Å². The summed E-state index contributed by atoms with van der Waals surface area (Å²) in [6.45, 7) is 8.20. The van der Waals surface area contributed by atoms with Gasteiger partial charge in [-0.05, 0) is 37.1 Å². The van der Waals surface area contributed by atoms with Crippen LogP contribution in [0.2, 0.25) is 0 Å². The Balaban J connectivity index is 1.63. The molecular formula is C29H31N5O3S. The third-order valence-electron chi connectivity index (χ3n) is 5.96. The highest BCUT2D eigenvalue weighted by Crippen LogP contribution is 2.20. The Morgan fingerprint density at radius 2 is 1.95 bits per heavy atom. The molecule has 4 rings (SSSR count). The molecule has 2 N–H and O–H groups in total. The van der Waals surface area contributed by atoms with Gasteiger partial charge < -0.3 is 15.4 Å². The number of hydrogen-bond acceptors (Lipinski definition) is 7. The average molecular weight is 530 g/mol. The Bertz CT molecular complexity index is 1570. The summed E-state index contributed by atoms with van der Waals surface area (Å²) in [5, 5.41) is 16.0. The van der Waals surface area contributed by atoms with Crippen molar-refractivity contribution in [3.8, 4) is 6.07 Å². The molecule has 38 heavy (non-hydrogen) atoms. The smallest absolute Gasteiger partial charge is 0.270 e. The van der Waals surface area contributed by atoms with Gasteiger partial charge in [0.1, 0.15) is 27.4 Å². The lowest BCUT2D eigenvalue weighted by atomic mass is 9.95. The Morgan fingerprint density at radius 3 is 2.63 bits per heavy atom. The van der Waals surface area contributed by atoms with Crippen molar-refractivity contribution in [3.05, 3.63) is 79.7 Å². The summed E-state index contributed by atoms with van der Waals surface area (Å²) in [6, 6.07) is 19.4. The van der Waals surface area contributed by atoms with E-state index in [0.717, 1.165) is 5.56 Å². The van der Waals surface area contributed by atoms with Crippen LogP contribution in [-0.4, -0.2) is 29.0 Å². The molecule has 0 fully saturated rings. The van der Waals surface area contributed by atoms with Crippen LogP contribution in [0.1, 0.15) is 33.3 Å². The highest BCUT2D eigenvalue weighted by molar-refractivity contribution is 7.07. The fourth-order valence-electron chi connectivity index (χ4n) is 3.88. The summed E-state index contributed by atoms with van der Waals surface area (Å²) >= 11 is 1.22. The zero-order chi connectivity index (χ0) is 27.3. The van der Waals surface area contributed by atoms with Gasteiger partial charge in [-0.15, -0.1) is 11.3 Å². The molecule has 1 aromatic heterocycles. The Labute approximate surface area is 225 Å². The summed E-state index contributed by atoms with van der Waals surface area (Å²) in [6.07, 6.45) is 2.34. The van der Waals surface area contributed by atoms with Gasteiger partial charge in [-0.25, -0.2) is 4.99 Å². The number of nitriles is 1. The Kier molecular flexibility index (Phi) is 8.13. The van der Waals surface area contributed by atoms with E-state index < -0.39 is 5.41 Å². The summed E-state index contributed by atoms with van der Waals surface area (Å²) in [4.78, 5) is 30.1. The van der Waals surface area contributed by atoms with Crippen LogP contribution in [0.3, 0.4) is 0 Å². The summed E-state index contributed by atoms with van der Waals surface area (Å²) < 4.78 is 8.33. The van der Waals surface area contributed by atoms with Gasteiger partial charge >= 0.3 is 0 Å². The predicted molar refractivity (Wildman–Crippen MR) is 152 cm³/mol. The predicted octanol–water partition coefficient (Wildman–Crippen LogP) is 3.48. The van der Waals surface area contributed by atoms with Crippen molar-refractivity contribution in [1.82, 2.24) is 4.57 Å². The van der Waals surface area contributed by atoms with Crippen molar-refractivity contribution in [1.29, 1.82) is 5.26 Å². The van der Waals surface area contributed by atoms with E-state index in [1.54, 1.807) is 16.8 Å². The minimum atomic E-state index is -0.516. The van der Waals surface area contributed by atoms with Crippen LogP contribution in [0.5, 0.6) is 0 Å². The van der Waals surface area contributed by atoms with Gasteiger partial charge in [0.15, 0.2) is 0 Å². The number of benzene rings is 2. The molecule has 2 aromatic carbocycles. The van der Waals surface area contributed by atoms with Gasteiger partial charge in [-0.1, -0.05) is 57.2 Å². The van der Waals surface area contributed by atoms with Crippen LogP contribution < -0.4 is 25.4 Å². The molecular weight excluding hydrogens is 498 g/mol. The maximum absolute atomic E-state index is 13.1. The van der Waals surface area contributed by atoms with Gasteiger partial charge in [-0.2, -0.15) is 5.26 Å². The number of aliphatic imine (C=N–C) groups is 1. The lowest BCUT2D eigenvalue weighted by Gasteiger charge is -2.18. The molecule has 0 saturated carbocycles. The number of carbonyl (C=O) groups excluding carboxylic acids is 1. The summed E-state index contributed by atoms with van der Waals surface area (Å²) in [5.41, 5.74) is 2.06. The topological polar surface area (TPSA) is 109 Å². The van der Waals surface area contributed by atoms with Gasteiger partial charge in [-0.3, -0.25) is 14.2 Å². The minimum absolute atomic E-state index is 0.0868. The largest absolute Gasteiger partial charge is 0.475 e. The molecule has 2 heterocycles. The van der Waals surface area contributed by atoms with E-state index in [9.17, 15) is 14.9 Å². The highest BCUT2D eigenvalue weighted by atomic mass is 32.1. The van der Waals surface area contributed by atoms with E-state index in [2.05, 4.69) is 21.7 Å². The first-order valence-corrected chi connectivity index (χ1v) is 13.3. The van der Waals surface area contributed by atoms with Crippen molar-refractivity contribution in [3.63, 3.8) is 0 Å². The van der Waals surface area contributed by atoms with Crippen LogP contribution in [0.4, 0.5) is 11.4 Å². The number of ether oxygens (including phenoxy) is 1. The summed E-state index contributed by atoms with van der Waals surface area (Å²) in [7, 11) is 0. The molecule has 0 saturated heterocycles. The molecule has 3 aromatic rings. The van der Waals surface area contributed by atoms with Crippen molar-refractivity contribution in [2.75, 3.05) is 17.2 Å². The third-order valence-corrected chi connectivity index (χ3v) is 7.09. The first-order chi connectivity index (χ1) is 18.2. The molecule has 0 bridgehead atoms. The van der Waals surface area contributed by atoms with Crippen LogP contribution in [0, 0.1) is 16.7 Å². The van der Waals surface area contributed by atoms with Gasteiger partial charge in [0.25, 0.3) is 5.56 Å². The standard InChI is InChI=1S/C29H31N5O3S/c1-5-34-26(35)24(17-31-20-12-9-13-21(15-20)33-28(36)29(2,3)4)38-27(34)23(16-30)25-32-22(18-37-25)14-19-10-7-6-8-11-19/h6-13,15,17,22,31H,5,14,18H2,1-4H3,(H,33,36)/t22-/m0/s1. The Morgan fingerprint density at radius 1 is 1.21 bits per heavy atom. The lowest BCUT2D eigenvalue weighted by Crippen LogP contribution is -2.32. The van der Waals surface area contributed by atoms with Crippen molar-refractivity contribution in [2.24, 2.45) is 10.4 Å². The minimum Gasteiger partial charge on any atom is -0.475 e. The second kappa shape index (κ2) is 11.5. The molecule has 1 atom stereocenters. The van der Waals surface area contributed by atoms with Gasteiger partial charge in [0, 0.05) is 29.5 Å². The number of nitrogens with zero attached hydrogens (tertiary/aromatic N) is 3. The maximum atomic E-state index is 13.1. The van der Waals surface area contributed by atoms with Crippen molar-refractivity contribution < 1.29 is 9.53 Å². The monoisotopic (exact) mass is 529 g/mol. The van der Waals surface area contributed by atoms with E-state index in [1.807, 2.05) is 76.2 Å². The molecule has 196 valence electrons. The van der Waals surface area contributed by atoms with E-state index >= 15 is 0 Å². The number of aromatic nitrogens is 1. The van der Waals surface area contributed by atoms with Gasteiger partial charge in [0.2, 0.25) is 11.8 Å². The Hall–Kier alpha value is -4.16. The quantitative estimate of drug-likeness (QED) is 0.487. The highest BCUT2D eigenvalue weighted by Gasteiger charge is 2.24. The molecule has 0 spiro atoms. The molecule has 0 aliphatic carbocycles. The van der Waals surface area contributed by atoms with Crippen molar-refractivity contribution in [2.45, 2.75) is 46.7 Å². The fourth-order valence-corrected chi connectivity index (χ4v) is 4.96. The van der Waals surface area contributed by atoms with Gasteiger partial charge in [0.05, 0.1) is 6.04 Å². The maximum Gasteiger partial charge on any atom is 0.270 e. The molecule has 0 unspecified atom stereocenters. The number of nitrogens with one attached hydrogen (secondary N) is 2. The number of rotatable bonds is 7. The summed E-state index contributed by atoms with van der Waals surface area (Å²) in [5.74, 6) is 0.189. The molecule has 9 heteroatoms. The third kappa shape index (κ3) is 6.21. The number of thiazole rings is 1.